The van der Waals surface area contributed by atoms with E-state index in [-0.39, 0.29) is 9.23 Å². The molecule has 0 amide bonds. The monoisotopic (exact) mass is 377 g/mol. The molecule has 17 heavy (non-hydrogen) atoms. The lowest BCUT2D eigenvalue weighted by Crippen LogP contribution is -2.28. The van der Waals surface area contributed by atoms with E-state index in [1.807, 2.05) is 0 Å². The molecule has 2 rings (SSSR count). The van der Waals surface area contributed by atoms with Crippen LogP contribution >= 0.6 is 50.5 Å². The second-order valence-corrected chi connectivity index (χ2v) is 8.70. The van der Waals surface area contributed by atoms with E-state index in [4.69, 9.17) is 23.2 Å². The summed E-state index contributed by atoms with van der Waals surface area (Å²) in [6.45, 7) is 1.08. The van der Waals surface area contributed by atoms with Gasteiger partial charge in [0.15, 0.2) is 0 Å². The molecule has 0 aromatic carbocycles. The van der Waals surface area contributed by atoms with Gasteiger partial charge in [-0.2, -0.15) is 4.31 Å². The molecule has 1 unspecified atom stereocenters. The second-order valence-electron chi connectivity index (χ2n) is 3.86. The Morgan fingerprint density at radius 1 is 1.53 bits per heavy atom. The van der Waals surface area contributed by atoms with Crippen LogP contribution in [0.4, 0.5) is 0 Å². The summed E-state index contributed by atoms with van der Waals surface area (Å²) in [5.74, 6) is 0.373. The maximum atomic E-state index is 12.3. The number of nitrogens with zero attached hydrogens (tertiary/aromatic N) is 1. The summed E-state index contributed by atoms with van der Waals surface area (Å²) >= 11 is 16.1. The van der Waals surface area contributed by atoms with Crippen LogP contribution in [-0.2, 0) is 10.0 Å². The third-order valence-electron chi connectivity index (χ3n) is 2.71. The zero-order valence-electron chi connectivity index (χ0n) is 8.70. The molecule has 0 bridgehead atoms. The van der Waals surface area contributed by atoms with Crippen molar-refractivity contribution in [3.63, 3.8) is 0 Å². The van der Waals surface area contributed by atoms with Crippen molar-refractivity contribution in [1.82, 2.24) is 4.31 Å². The number of sulfonamides is 1. The Hall–Kier alpha value is 0.670. The van der Waals surface area contributed by atoms with E-state index >= 15 is 0 Å². The number of halogens is 3. The van der Waals surface area contributed by atoms with Crippen molar-refractivity contribution >= 4 is 60.5 Å². The van der Waals surface area contributed by atoms with Crippen LogP contribution in [0.3, 0.4) is 0 Å². The van der Waals surface area contributed by atoms with E-state index in [0.29, 0.717) is 23.3 Å². The minimum Gasteiger partial charge on any atom is -0.207 e. The third-order valence-corrected chi connectivity index (χ3v) is 7.24. The third kappa shape index (κ3) is 2.82. The lowest BCUT2D eigenvalue weighted by atomic mass is 10.2. The predicted octanol–water partition coefficient (Wildman–Crippen LogP) is 3.46. The molecule has 0 saturated carbocycles. The molecule has 1 aromatic rings. The minimum absolute atomic E-state index is 0.129. The zero-order chi connectivity index (χ0) is 12.6. The lowest BCUT2D eigenvalue weighted by Gasteiger charge is -2.15. The molecule has 0 spiro atoms. The molecule has 8 heteroatoms. The van der Waals surface area contributed by atoms with Crippen molar-refractivity contribution in [2.24, 2.45) is 5.92 Å². The Balaban J connectivity index is 2.28. The highest BCUT2D eigenvalue weighted by atomic mass is 79.9. The molecule has 0 aliphatic carbocycles. The first kappa shape index (κ1) is 14.1. The Kier molecular flexibility index (Phi) is 4.43. The molecule has 0 N–H and O–H groups in total. The summed E-state index contributed by atoms with van der Waals surface area (Å²) in [6, 6.07) is 1.42. The molecule has 1 fully saturated rings. The van der Waals surface area contributed by atoms with E-state index < -0.39 is 10.0 Å². The van der Waals surface area contributed by atoms with Crippen LogP contribution in [0.2, 0.25) is 8.67 Å². The van der Waals surface area contributed by atoms with Gasteiger partial charge in [-0.15, -0.1) is 11.3 Å². The van der Waals surface area contributed by atoms with Crippen LogP contribution in [-0.4, -0.2) is 31.1 Å². The van der Waals surface area contributed by atoms with Gasteiger partial charge < -0.3 is 0 Å². The zero-order valence-corrected chi connectivity index (χ0v) is 13.4. The van der Waals surface area contributed by atoms with E-state index in [1.54, 1.807) is 0 Å². The molecule has 2 heterocycles. The fourth-order valence-corrected chi connectivity index (χ4v) is 5.95. The summed E-state index contributed by atoms with van der Waals surface area (Å²) in [4.78, 5) is 0.129. The largest absolute Gasteiger partial charge is 0.245 e. The van der Waals surface area contributed by atoms with Crippen LogP contribution in [0.25, 0.3) is 0 Å². The van der Waals surface area contributed by atoms with E-state index in [0.717, 1.165) is 23.1 Å². The van der Waals surface area contributed by atoms with Crippen molar-refractivity contribution in [3.8, 4) is 0 Å². The van der Waals surface area contributed by atoms with E-state index in [9.17, 15) is 8.42 Å². The van der Waals surface area contributed by atoms with Crippen LogP contribution in [0.5, 0.6) is 0 Å². The molecular formula is C9H10BrCl2NO2S2. The summed E-state index contributed by atoms with van der Waals surface area (Å²) in [5.41, 5.74) is 0. The van der Waals surface area contributed by atoms with Gasteiger partial charge in [-0.05, 0) is 18.4 Å². The van der Waals surface area contributed by atoms with Crippen molar-refractivity contribution in [2.45, 2.75) is 11.3 Å². The highest BCUT2D eigenvalue weighted by Gasteiger charge is 2.34. The van der Waals surface area contributed by atoms with Crippen LogP contribution < -0.4 is 0 Å². The molecular weight excluding hydrogens is 369 g/mol. The van der Waals surface area contributed by atoms with Crippen molar-refractivity contribution < 1.29 is 8.42 Å². The molecule has 1 atom stereocenters. The number of hydrogen-bond acceptors (Lipinski definition) is 3. The Labute approximate surface area is 123 Å². The number of hydrogen-bond donors (Lipinski definition) is 0. The van der Waals surface area contributed by atoms with Gasteiger partial charge in [0.1, 0.15) is 9.23 Å². The van der Waals surface area contributed by atoms with Gasteiger partial charge in [0.05, 0.1) is 4.34 Å². The maximum Gasteiger partial charge on any atom is 0.245 e. The van der Waals surface area contributed by atoms with E-state index in [2.05, 4.69) is 15.9 Å². The second kappa shape index (κ2) is 5.35. The molecule has 0 radical (unpaired) electrons. The smallest absolute Gasteiger partial charge is 0.207 e. The maximum absolute atomic E-state index is 12.3. The lowest BCUT2D eigenvalue weighted by molar-refractivity contribution is 0.466. The first-order valence-corrected chi connectivity index (χ1v) is 9.09. The van der Waals surface area contributed by atoms with Gasteiger partial charge >= 0.3 is 0 Å². The molecule has 1 aliphatic heterocycles. The number of rotatable bonds is 3. The Morgan fingerprint density at radius 2 is 2.24 bits per heavy atom. The first-order chi connectivity index (χ1) is 7.95. The van der Waals surface area contributed by atoms with Gasteiger partial charge in [-0.25, -0.2) is 8.42 Å². The quantitative estimate of drug-likeness (QED) is 0.755. The fourth-order valence-electron chi connectivity index (χ4n) is 1.78. The van der Waals surface area contributed by atoms with Gasteiger partial charge in [-0.3, -0.25) is 0 Å². The highest BCUT2D eigenvalue weighted by Crippen LogP contribution is 2.37. The summed E-state index contributed by atoms with van der Waals surface area (Å²) in [6.07, 6.45) is 0.875. The first-order valence-electron chi connectivity index (χ1n) is 4.96. The van der Waals surface area contributed by atoms with E-state index in [1.165, 1.54) is 10.4 Å². The van der Waals surface area contributed by atoms with Gasteiger partial charge in [0.25, 0.3) is 0 Å². The number of thiophene rings is 1. The molecule has 1 aliphatic rings. The van der Waals surface area contributed by atoms with Gasteiger partial charge in [0.2, 0.25) is 10.0 Å². The molecule has 1 aromatic heterocycles. The highest BCUT2D eigenvalue weighted by molar-refractivity contribution is 9.09. The Bertz CT molecular complexity index is 517. The minimum atomic E-state index is -3.49. The standard InChI is InChI=1S/C9H10BrCl2NO2S2/c10-4-6-1-2-13(5-6)17(14,15)7-3-8(11)16-9(7)12/h3,6H,1-2,4-5H2. The fraction of sp³-hybridized carbons (Fsp3) is 0.556. The summed E-state index contributed by atoms with van der Waals surface area (Å²) < 4.78 is 26.7. The van der Waals surface area contributed by atoms with Crippen LogP contribution in [0, 0.1) is 5.92 Å². The number of alkyl halides is 1. The van der Waals surface area contributed by atoms with Crippen molar-refractivity contribution in [3.05, 3.63) is 14.7 Å². The molecule has 96 valence electrons. The molecule has 3 nitrogen and oxygen atoms in total. The van der Waals surface area contributed by atoms with Crippen molar-refractivity contribution in [1.29, 1.82) is 0 Å². The SMILES string of the molecule is O=S(=O)(c1cc(Cl)sc1Cl)N1CCC(CBr)C1. The topological polar surface area (TPSA) is 37.4 Å². The van der Waals surface area contributed by atoms with Crippen molar-refractivity contribution in [2.75, 3.05) is 18.4 Å². The normalized spacial score (nSPS) is 22.2. The summed E-state index contributed by atoms with van der Waals surface area (Å²) in [5, 5.41) is 0.817. The summed E-state index contributed by atoms with van der Waals surface area (Å²) in [7, 11) is -3.49. The average molecular weight is 379 g/mol. The van der Waals surface area contributed by atoms with Gasteiger partial charge in [-0.1, -0.05) is 39.1 Å². The Morgan fingerprint density at radius 3 is 2.71 bits per heavy atom. The van der Waals surface area contributed by atoms with Crippen LogP contribution in [0.1, 0.15) is 6.42 Å². The van der Waals surface area contributed by atoms with Crippen LogP contribution in [0.15, 0.2) is 11.0 Å². The predicted molar refractivity (Wildman–Crippen MR) is 75.0 cm³/mol. The molecule has 1 saturated heterocycles. The van der Waals surface area contributed by atoms with Gasteiger partial charge in [0, 0.05) is 18.4 Å². The average Bonchev–Trinajstić information content (AvgIpc) is 2.85.